The zero-order chi connectivity index (χ0) is 12.8. The normalized spacial score (nSPS) is 11.5. The van der Waals surface area contributed by atoms with Gasteiger partial charge in [0, 0.05) is 6.54 Å². The summed E-state index contributed by atoms with van der Waals surface area (Å²) in [6, 6.07) is 3.45. The minimum atomic E-state index is -0.699. The molecule has 1 rings (SSSR count). The molecular formula is C12H18ClFN2O2. The minimum absolute atomic E-state index is 0. The van der Waals surface area contributed by atoms with E-state index in [4.69, 9.17) is 10.8 Å². The van der Waals surface area contributed by atoms with Gasteiger partial charge in [0.25, 0.3) is 0 Å². The van der Waals surface area contributed by atoms with Crippen LogP contribution in [0.15, 0.2) is 18.2 Å². The van der Waals surface area contributed by atoms with Crippen LogP contribution >= 0.6 is 12.4 Å². The van der Waals surface area contributed by atoms with Gasteiger partial charge in [-0.1, -0.05) is 19.4 Å². The molecule has 102 valence electrons. The van der Waals surface area contributed by atoms with Gasteiger partial charge in [0.1, 0.15) is 0 Å². The van der Waals surface area contributed by atoms with E-state index in [1.54, 1.807) is 6.07 Å². The summed E-state index contributed by atoms with van der Waals surface area (Å²) in [7, 11) is 0. The summed E-state index contributed by atoms with van der Waals surface area (Å²) >= 11 is 0. The smallest absolute Gasteiger partial charge is 0.237 e. The SMILES string of the molecule is CCCC(N)C(=O)NCc1ccc(O)c(F)c1.Cl. The molecule has 0 heterocycles. The van der Waals surface area contributed by atoms with Gasteiger partial charge in [0.15, 0.2) is 11.6 Å². The van der Waals surface area contributed by atoms with Crippen LogP contribution in [0.2, 0.25) is 0 Å². The molecule has 1 unspecified atom stereocenters. The lowest BCUT2D eigenvalue weighted by Crippen LogP contribution is -2.40. The number of halogens is 2. The van der Waals surface area contributed by atoms with Crippen LogP contribution in [0.5, 0.6) is 5.75 Å². The maximum Gasteiger partial charge on any atom is 0.237 e. The molecule has 0 aliphatic rings. The third kappa shape index (κ3) is 4.89. The van der Waals surface area contributed by atoms with Crippen LogP contribution in [0.25, 0.3) is 0 Å². The number of nitrogens with two attached hydrogens (primary N) is 1. The van der Waals surface area contributed by atoms with E-state index in [1.807, 2.05) is 6.92 Å². The Labute approximate surface area is 112 Å². The van der Waals surface area contributed by atoms with Crippen LogP contribution in [0.3, 0.4) is 0 Å². The van der Waals surface area contributed by atoms with Crippen LogP contribution in [0.4, 0.5) is 4.39 Å². The molecule has 0 radical (unpaired) electrons. The van der Waals surface area contributed by atoms with Gasteiger partial charge in [-0.2, -0.15) is 0 Å². The fourth-order valence-corrected chi connectivity index (χ4v) is 1.42. The number of nitrogens with one attached hydrogen (secondary N) is 1. The largest absolute Gasteiger partial charge is 0.505 e. The zero-order valence-electron chi connectivity index (χ0n) is 10.1. The second-order valence-corrected chi connectivity index (χ2v) is 3.90. The molecule has 4 nitrogen and oxygen atoms in total. The zero-order valence-corrected chi connectivity index (χ0v) is 11.0. The third-order valence-corrected chi connectivity index (χ3v) is 2.42. The van der Waals surface area contributed by atoms with Gasteiger partial charge in [0.2, 0.25) is 5.91 Å². The van der Waals surface area contributed by atoms with E-state index in [1.165, 1.54) is 12.1 Å². The van der Waals surface area contributed by atoms with Crippen molar-refractivity contribution in [3.63, 3.8) is 0 Å². The summed E-state index contributed by atoms with van der Waals surface area (Å²) in [5.74, 6) is -1.35. The van der Waals surface area contributed by atoms with Crippen molar-refractivity contribution in [2.75, 3.05) is 0 Å². The number of hydrogen-bond donors (Lipinski definition) is 3. The Morgan fingerprint density at radius 2 is 2.22 bits per heavy atom. The maximum atomic E-state index is 13.0. The van der Waals surface area contributed by atoms with Crippen molar-refractivity contribution in [2.24, 2.45) is 5.73 Å². The highest BCUT2D eigenvalue weighted by Gasteiger charge is 2.11. The maximum absolute atomic E-state index is 13.0. The number of hydrogen-bond acceptors (Lipinski definition) is 3. The van der Waals surface area contributed by atoms with E-state index in [9.17, 15) is 9.18 Å². The van der Waals surface area contributed by atoms with E-state index in [0.717, 1.165) is 6.42 Å². The lowest BCUT2D eigenvalue weighted by atomic mass is 10.1. The Hall–Kier alpha value is -1.33. The number of aromatic hydroxyl groups is 1. The first-order chi connectivity index (χ1) is 8.04. The molecule has 1 aromatic carbocycles. The van der Waals surface area contributed by atoms with Crippen molar-refractivity contribution in [3.05, 3.63) is 29.6 Å². The van der Waals surface area contributed by atoms with Crippen molar-refractivity contribution < 1.29 is 14.3 Å². The Morgan fingerprint density at radius 1 is 1.56 bits per heavy atom. The van der Waals surface area contributed by atoms with E-state index < -0.39 is 17.6 Å². The standard InChI is InChI=1S/C12H17FN2O2.ClH/c1-2-3-10(14)12(17)15-7-8-4-5-11(16)9(13)6-8;/h4-6,10,16H,2-3,7,14H2,1H3,(H,15,17);1H. The number of carbonyl (C=O) groups excluding carboxylic acids is 1. The predicted octanol–water partition coefficient (Wildman–Crippen LogP) is 1.70. The predicted molar refractivity (Wildman–Crippen MR) is 70.0 cm³/mol. The first kappa shape index (κ1) is 16.7. The highest BCUT2D eigenvalue weighted by Crippen LogP contribution is 2.15. The van der Waals surface area contributed by atoms with Gasteiger partial charge in [-0.05, 0) is 24.1 Å². The Kier molecular flexibility index (Phi) is 7.31. The Bertz CT molecular complexity index is 402. The molecule has 0 saturated carbocycles. The number of benzene rings is 1. The highest BCUT2D eigenvalue weighted by atomic mass is 35.5. The molecule has 0 saturated heterocycles. The number of phenolic OH excluding ortho intramolecular Hbond substituents is 1. The average Bonchev–Trinajstić information content (AvgIpc) is 2.30. The van der Waals surface area contributed by atoms with Crippen LogP contribution in [-0.2, 0) is 11.3 Å². The molecule has 0 aliphatic carbocycles. The van der Waals surface area contributed by atoms with E-state index in [-0.39, 0.29) is 24.9 Å². The summed E-state index contributed by atoms with van der Waals surface area (Å²) in [6.07, 6.45) is 1.46. The van der Waals surface area contributed by atoms with Gasteiger partial charge in [-0.15, -0.1) is 12.4 Å². The number of carbonyl (C=O) groups is 1. The van der Waals surface area contributed by atoms with Crippen LogP contribution < -0.4 is 11.1 Å². The van der Waals surface area contributed by atoms with Crippen LogP contribution in [0, 0.1) is 5.82 Å². The third-order valence-electron chi connectivity index (χ3n) is 2.42. The summed E-state index contributed by atoms with van der Waals surface area (Å²) in [6.45, 7) is 2.15. The molecule has 0 fully saturated rings. The first-order valence-corrected chi connectivity index (χ1v) is 5.55. The molecule has 0 aliphatic heterocycles. The average molecular weight is 277 g/mol. The molecule has 1 amide bonds. The number of rotatable bonds is 5. The topological polar surface area (TPSA) is 75.4 Å². The van der Waals surface area contributed by atoms with Crippen molar-refractivity contribution in [3.8, 4) is 5.75 Å². The fourth-order valence-electron chi connectivity index (χ4n) is 1.42. The Morgan fingerprint density at radius 3 is 2.78 bits per heavy atom. The van der Waals surface area contributed by atoms with E-state index in [2.05, 4.69) is 5.32 Å². The molecule has 4 N–H and O–H groups in total. The summed E-state index contributed by atoms with van der Waals surface area (Å²) < 4.78 is 13.0. The van der Waals surface area contributed by atoms with Crippen molar-refractivity contribution in [1.82, 2.24) is 5.32 Å². The number of phenols is 1. The molecule has 0 aromatic heterocycles. The van der Waals surface area contributed by atoms with Gasteiger partial charge in [0.05, 0.1) is 6.04 Å². The van der Waals surface area contributed by atoms with Gasteiger partial charge >= 0.3 is 0 Å². The van der Waals surface area contributed by atoms with E-state index >= 15 is 0 Å². The molecule has 1 aromatic rings. The van der Waals surface area contributed by atoms with E-state index in [0.29, 0.717) is 12.0 Å². The summed E-state index contributed by atoms with van der Waals surface area (Å²) in [5.41, 5.74) is 6.20. The molecule has 6 heteroatoms. The monoisotopic (exact) mass is 276 g/mol. The number of amides is 1. The molecule has 0 bridgehead atoms. The minimum Gasteiger partial charge on any atom is -0.505 e. The van der Waals surface area contributed by atoms with Crippen molar-refractivity contribution in [2.45, 2.75) is 32.4 Å². The summed E-state index contributed by atoms with van der Waals surface area (Å²) in [5, 5.41) is 11.6. The van der Waals surface area contributed by atoms with Gasteiger partial charge < -0.3 is 16.2 Å². The quantitative estimate of drug-likeness (QED) is 0.766. The lowest BCUT2D eigenvalue weighted by molar-refractivity contribution is -0.122. The van der Waals surface area contributed by atoms with Crippen molar-refractivity contribution >= 4 is 18.3 Å². The fraction of sp³-hybridized carbons (Fsp3) is 0.417. The van der Waals surface area contributed by atoms with Gasteiger partial charge in [-0.3, -0.25) is 4.79 Å². The van der Waals surface area contributed by atoms with Crippen LogP contribution in [0.1, 0.15) is 25.3 Å². The van der Waals surface area contributed by atoms with Crippen LogP contribution in [-0.4, -0.2) is 17.1 Å². The Balaban J connectivity index is 0.00000289. The van der Waals surface area contributed by atoms with Crippen molar-refractivity contribution in [1.29, 1.82) is 0 Å². The second kappa shape index (κ2) is 7.89. The van der Waals surface area contributed by atoms with Gasteiger partial charge in [-0.25, -0.2) is 4.39 Å². The second-order valence-electron chi connectivity index (χ2n) is 3.90. The lowest BCUT2D eigenvalue weighted by Gasteiger charge is -2.11. The summed E-state index contributed by atoms with van der Waals surface area (Å²) in [4.78, 5) is 11.5. The highest BCUT2D eigenvalue weighted by molar-refractivity contribution is 5.85. The molecule has 18 heavy (non-hydrogen) atoms. The first-order valence-electron chi connectivity index (χ1n) is 5.55. The molecule has 0 spiro atoms. The molecule has 1 atom stereocenters. The molecular weight excluding hydrogens is 259 g/mol.